The number of nitrogens with zero attached hydrogens (tertiary/aromatic N) is 1. The topological polar surface area (TPSA) is 61.4 Å². The molecule has 5 nitrogen and oxygen atoms in total. The van der Waals surface area contributed by atoms with Gasteiger partial charge in [0.25, 0.3) is 5.91 Å². The first kappa shape index (κ1) is 18.4. The summed E-state index contributed by atoms with van der Waals surface area (Å²) in [6.07, 6.45) is 3.73. The van der Waals surface area contributed by atoms with E-state index in [4.69, 9.17) is 12.2 Å². The summed E-state index contributed by atoms with van der Waals surface area (Å²) >= 11 is 5.16. The van der Waals surface area contributed by atoms with E-state index in [2.05, 4.69) is 24.5 Å². The molecule has 130 valence electrons. The molecule has 6 heteroatoms. The van der Waals surface area contributed by atoms with E-state index < -0.39 is 0 Å². The third kappa shape index (κ3) is 5.30. The van der Waals surface area contributed by atoms with E-state index in [1.165, 1.54) is 0 Å². The number of hydrogen-bond acceptors (Lipinski definition) is 3. The Bertz CT molecular complexity index is 608. The zero-order valence-corrected chi connectivity index (χ0v) is 15.1. The van der Waals surface area contributed by atoms with Gasteiger partial charge in [0.05, 0.1) is 0 Å². The Hall–Kier alpha value is -1.95. The summed E-state index contributed by atoms with van der Waals surface area (Å²) in [5.41, 5.74) is 1.33. The maximum Gasteiger partial charge on any atom is 0.253 e. The molecule has 0 radical (unpaired) electrons. The van der Waals surface area contributed by atoms with Crippen LogP contribution in [0.15, 0.2) is 24.3 Å². The van der Waals surface area contributed by atoms with E-state index in [-0.39, 0.29) is 22.8 Å². The highest BCUT2D eigenvalue weighted by Crippen LogP contribution is 2.28. The zero-order chi connectivity index (χ0) is 17.5. The third-order valence-electron chi connectivity index (χ3n) is 3.83. The van der Waals surface area contributed by atoms with Crippen molar-refractivity contribution >= 4 is 34.8 Å². The van der Waals surface area contributed by atoms with E-state index in [0.717, 1.165) is 38.8 Å². The molecule has 0 atom stereocenters. The van der Waals surface area contributed by atoms with Gasteiger partial charge in [-0.1, -0.05) is 19.9 Å². The fourth-order valence-electron chi connectivity index (χ4n) is 2.49. The Kier molecular flexibility index (Phi) is 6.73. The minimum absolute atomic E-state index is 0.0234. The Labute approximate surface area is 148 Å². The molecule has 0 heterocycles. The Balaban J connectivity index is 2.00. The lowest BCUT2D eigenvalue weighted by molar-refractivity contribution is -0.120. The van der Waals surface area contributed by atoms with Crippen LogP contribution in [0.4, 0.5) is 5.69 Å². The maximum absolute atomic E-state index is 12.6. The third-order valence-corrected chi connectivity index (χ3v) is 4.03. The van der Waals surface area contributed by atoms with Gasteiger partial charge < -0.3 is 15.5 Å². The lowest BCUT2D eigenvalue weighted by atomic mass is 10.1. The SMILES string of the molecule is CCCN(CCC)C(=O)c1cccc(NC(=S)NC(=O)C2CC2)c1. The lowest BCUT2D eigenvalue weighted by Gasteiger charge is -2.21. The van der Waals surface area contributed by atoms with Crippen LogP contribution in [0.3, 0.4) is 0 Å². The summed E-state index contributed by atoms with van der Waals surface area (Å²) in [7, 11) is 0. The van der Waals surface area contributed by atoms with E-state index >= 15 is 0 Å². The molecule has 0 spiro atoms. The van der Waals surface area contributed by atoms with Gasteiger partial charge in [0.1, 0.15) is 0 Å². The second-order valence-corrected chi connectivity index (χ2v) is 6.50. The van der Waals surface area contributed by atoms with Crippen LogP contribution in [0, 0.1) is 5.92 Å². The van der Waals surface area contributed by atoms with Gasteiger partial charge in [0, 0.05) is 30.3 Å². The quantitative estimate of drug-likeness (QED) is 0.744. The van der Waals surface area contributed by atoms with Gasteiger partial charge in [-0.3, -0.25) is 9.59 Å². The van der Waals surface area contributed by atoms with Crippen LogP contribution in [-0.2, 0) is 4.79 Å². The van der Waals surface area contributed by atoms with Crippen molar-refractivity contribution in [2.45, 2.75) is 39.5 Å². The Morgan fingerprint density at radius 1 is 1.21 bits per heavy atom. The standard InChI is InChI=1S/C18H25N3O2S/c1-3-10-21(11-4-2)17(23)14-6-5-7-15(12-14)19-18(24)20-16(22)13-8-9-13/h5-7,12-13H,3-4,8-11H2,1-2H3,(H2,19,20,22,24). The molecule has 1 saturated carbocycles. The number of anilines is 1. The summed E-state index contributed by atoms with van der Waals surface area (Å²) in [6, 6.07) is 7.22. The molecule has 1 aliphatic carbocycles. The molecular formula is C18H25N3O2S. The smallest absolute Gasteiger partial charge is 0.253 e. The number of thiocarbonyl (C=S) groups is 1. The molecule has 1 aliphatic rings. The molecule has 0 aromatic heterocycles. The van der Waals surface area contributed by atoms with E-state index in [1.807, 2.05) is 17.0 Å². The summed E-state index contributed by atoms with van der Waals surface area (Å²) in [4.78, 5) is 26.2. The van der Waals surface area contributed by atoms with Crippen molar-refractivity contribution in [1.82, 2.24) is 10.2 Å². The molecule has 24 heavy (non-hydrogen) atoms. The molecule has 2 rings (SSSR count). The number of amides is 2. The van der Waals surface area contributed by atoms with Crippen LogP contribution < -0.4 is 10.6 Å². The van der Waals surface area contributed by atoms with Crippen molar-refractivity contribution in [3.8, 4) is 0 Å². The molecule has 1 aromatic carbocycles. The summed E-state index contributed by atoms with van der Waals surface area (Å²) in [6.45, 7) is 5.63. The highest BCUT2D eigenvalue weighted by molar-refractivity contribution is 7.80. The van der Waals surface area contributed by atoms with Crippen LogP contribution in [0.5, 0.6) is 0 Å². The second-order valence-electron chi connectivity index (χ2n) is 6.09. The molecule has 0 aliphatic heterocycles. The maximum atomic E-state index is 12.6. The van der Waals surface area contributed by atoms with E-state index in [0.29, 0.717) is 11.3 Å². The van der Waals surface area contributed by atoms with Crippen molar-refractivity contribution in [1.29, 1.82) is 0 Å². The Morgan fingerprint density at radius 3 is 2.46 bits per heavy atom. The predicted octanol–water partition coefficient (Wildman–Crippen LogP) is 3.17. The van der Waals surface area contributed by atoms with E-state index in [9.17, 15) is 9.59 Å². The first-order chi connectivity index (χ1) is 11.5. The number of nitrogens with one attached hydrogen (secondary N) is 2. The van der Waals surface area contributed by atoms with Gasteiger partial charge in [-0.2, -0.15) is 0 Å². The van der Waals surface area contributed by atoms with E-state index in [1.54, 1.807) is 12.1 Å². The predicted molar refractivity (Wildman–Crippen MR) is 100 cm³/mol. The number of carbonyl (C=O) groups excluding carboxylic acids is 2. The van der Waals surface area contributed by atoms with Crippen molar-refractivity contribution < 1.29 is 9.59 Å². The largest absolute Gasteiger partial charge is 0.339 e. The van der Waals surface area contributed by atoms with Gasteiger partial charge in [-0.05, 0) is 56.1 Å². The van der Waals surface area contributed by atoms with Gasteiger partial charge in [0.2, 0.25) is 5.91 Å². The van der Waals surface area contributed by atoms with Crippen molar-refractivity contribution in [3.05, 3.63) is 29.8 Å². The van der Waals surface area contributed by atoms with Gasteiger partial charge in [-0.25, -0.2) is 0 Å². The van der Waals surface area contributed by atoms with Crippen LogP contribution in [-0.4, -0.2) is 34.9 Å². The minimum Gasteiger partial charge on any atom is -0.339 e. The summed E-state index contributed by atoms with van der Waals surface area (Å²) in [5.74, 6) is 0.0985. The molecular weight excluding hydrogens is 322 g/mol. The second kappa shape index (κ2) is 8.78. The highest BCUT2D eigenvalue weighted by Gasteiger charge is 2.30. The number of benzene rings is 1. The average molecular weight is 347 g/mol. The van der Waals surface area contributed by atoms with Crippen LogP contribution in [0.2, 0.25) is 0 Å². The fourth-order valence-corrected chi connectivity index (χ4v) is 2.71. The van der Waals surface area contributed by atoms with Gasteiger partial charge in [0.15, 0.2) is 5.11 Å². The van der Waals surface area contributed by atoms with Crippen molar-refractivity contribution in [2.24, 2.45) is 5.92 Å². The number of hydrogen-bond donors (Lipinski definition) is 2. The molecule has 0 saturated heterocycles. The molecule has 0 unspecified atom stereocenters. The first-order valence-electron chi connectivity index (χ1n) is 8.56. The molecule has 2 amide bonds. The number of rotatable bonds is 7. The highest BCUT2D eigenvalue weighted by atomic mass is 32.1. The van der Waals surface area contributed by atoms with Crippen molar-refractivity contribution in [2.75, 3.05) is 18.4 Å². The summed E-state index contributed by atoms with van der Waals surface area (Å²) < 4.78 is 0. The fraction of sp³-hybridized carbons (Fsp3) is 0.500. The van der Waals surface area contributed by atoms with Gasteiger partial charge in [-0.15, -0.1) is 0 Å². The average Bonchev–Trinajstić information content (AvgIpc) is 3.39. The van der Waals surface area contributed by atoms with Crippen molar-refractivity contribution in [3.63, 3.8) is 0 Å². The van der Waals surface area contributed by atoms with Gasteiger partial charge >= 0.3 is 0 Å². The van der Waals surface area contributed by atoms with Crippen LogP contribution >= 0.6 is 12.2 Å². The monoisotopic (exact) mass is 347 g/mol. The molecule has 0 bridgehead atoms. The Morgan fingerprint density at radius 2 is 1.88 bits per heavy atom. The lowest BCUT2D eigenvalue weighted by Crippen LogP contribution is -2.35. The minimum atomic E-state index is -0.0307. The normalized spacial score (nSPS) is 13.2. The summed E-state index contributed by atoms with van der Waals surface area (Å²) in [5, 5.41) is 5.94. The number of carbonyl (C=O) groups is 2. The molecule has 1 aromatic rings. The van der Waals surface area contributed by atoms with Crippen LogP contribution in [0.25, 0.3) is 0 Å². The molecule has 2 N–H and O–H groups in total. The molecule has 1 fully saturated rings. The van der Waals surface area contributed by atoms with Crippen LogP contribution in [0.1, 0.15) is 49.9 Å². The first-order valence-corrected chi connectivity index (χ1v) is 8.97. The zero-order valence-electron chi connectivity index (χ0n) is 14.3.